The second kappa shape index (κ2) is 3.02. The highest BCUT2D eigenvalue weighted by molar-refractivity contribution is 9.09. The number of ether oxygens (including phenoxy) is 1. The van der Waals surface area contributed by atoms with Gasteiger partial charge in [-0.2, -0.15) is 0 Å². The van der Waals surface area contributed by atoms with Gasteiger partial charge in [-0.25, -0.2) is 0 Å². The van der Waals surface area contributed by atoms with E-state index in [1.54, 1.807) is 0 Å². The van der Waals surface area contributed by atoms with E-state index in [0.29, 0.717) is 10.7 Å². The number of hydrogen-bond acceptors (Lipinski definition) is 2. The molecule has 2 nitrogen and oxygen atoms in total. The van der Waals surface area contributed by atoms with E-state index in [9.17, 15) is 4.79 Å². The van der Waals surface area contributed by atoms with Crippen molar-refractivity contribution < 1.29 is 9.53 Å². The Hall–Kier alpha value is -0.0500. The van der Waals surface area contributed by atoms with Crippen LogP contribution in [0.5, 0.6) is 0 Å². The second-order valence-electron chi connectivity index (χ2n) is 3.83. The van der Waals surface area contributed by atoms with Crippen LogP contribution in [0.2, 0.25) is 0 Å². The highest BCUT2D eigenvalue weighted by Gasteiger charge is 2.48. The van der Waals surface area contributed by atoms with E-state index < -0.39 is 0 Å². The summed E-state index contributed by atoms with van der Waals surface area (Å²) in [5.74, 6) is 1.20. The van der Waals surface area contributed by atoms with Crippen molar-refractivity contribution >= 4 is 21.9 Å². The first kappa shape index (κ1) is 8.54. The minimum absolute atomic E-state index is 0.132. The van der Waals surface area contributed by atoms with Gasteiger partial charge in [0, 0.05) is 17.7 Å². The number of esters is 1. The van der Waals surface area contributed by atoms with Gasteiger partial charge in [-0.1, -0.05) is 15.9 Å². The molecule has 0 aromatic heterocycles. The number of carbonyl (C=O) groups is 1. The van der Waals surface area contributed by atoms with Gasteiger partial charge in [0.15, 0.2) is 0 Å². The molecule has 0 saturated heterocycles. The van der Waals surface area contributed by atoms with Crippen molar-refractivity contribution in [2.75, 3.05) is 0 Å². The van der Waals surface area contributed by atoms with Crippen molar-refractivity contribution in [3.8, 4) is 0 Å². The lowest BCUT2D eigenvalue weighted by molar-refractivity contribution is -0.148. The molecule has 0 spiro atoms. The molecule has 0 heterocycles. The Kier molecular flexibility index (Phi) is 2.15. The first-order valence-electron chi connectivity index (χ1n) is 4.50. The predicted octanol–water partition coefficient (Wildman–Crippen LogP) is 2.11. The van der Waals surface area contributed by atoms with Crippen LogP contribution in [0.3, 0.4) is 0 Å². The number of fused-ring (bicyclic) bond motifs is 2. The summed E-state index contributed by atoms with van der Waals surface area (Å²) in [6, 6.07) is 0. The van der Waals surface area contributed by atoms with Crippen LogP contribution < -0.4 is 0 Å². The number of alkyl halides is 1. The molecule has 3 heteroatoms. The molecular weight excluding hydrogens is 220 g/mol. The van der Waals surface area contributed by atoms with Crippen LogP contribution in [0.25, 0.3) is 0 Å². The number of rotatable bonds is 1. The molecular formula is C9H13BrO2. The Morgan fingerprint density at radius 3 is 2.67 bits per heavy atom. The lowest BCUT2D eigenvalue weighted by Crippen LogP contribution is -2.23. The highest BCUT2D eigenvalue weighted by Crippen LogP contribution is 2.49. The Labute approximate surface area is 80.8 Å². The van der Waals surface area contributed by atoms with Crippen LogP contribution in [-0.2, 0) is 9.53 Å². The van der Waals surface area contributed by atoms with Crippen molar-refractivity contribution in [2.24, 2.45) is 11.8 Å². The van der Waals surface area contributed by atoms with Gasteiger partial charge in [0.25, 0.3) is 0 Å². The summed E-state index contributed by atoms with van der Waals surface area (Å²) in [4.78, 5) is 11.3. The van der Waals surface area contributed by atoms with Crippen molar-refractivity contribution in [3.05, 3.63) is 0 Å². The van der Waals surface area contributed by atoms with Crippen molar-refractivity contribution in [1.82, 2.24) is 0 Å². The normalized spacial score (nSPS) is 44.8. The molecule has 68 valence electrons. The molecule has 4 atom stereocenters. The van der Waals surface area contributed by atoms with E-state index in [1.165, 1.54) is 19.8 Å². The van der Waals surface area contributed by atoms with Gasteiger partial charge in [-0.05, 0) is 25.2 Å². The van der Waals surface area contributed by atoms with Gasteiger partial charge < -0.3 is 4.74 Å². The van der Waals surface area contributed by atoms with Crippen molar-refractivity contribution in [2.45, 2.75) is 37.1 Å². The Morgan fingerprint density at radius 2 is 2.25 bits per heavy atom. The Morgan fingerprint density at radius 1 is 1.50 bits per heavy atom. The molecule has 12 heavy (non-hydrogen) atoms. The highest BCUT2D eigenvalue weighted by atomic mass is 79.9. The van der Waals surface area contributed by atoms with Crippen LogP contribution in [0.4, 0.5) is 0 Å². The summed E-state index contributed by atoms with van der Waals surface area (Å²) in [5.41, 5.74) is 0. The lowest BCUT2D eigenvalue weighted by atomic mass is 9.98. The molecule has 0 amide bonds. The quantitative estimate of drug-likeness (QED) is 0.512. The first-order valence-corrected chi connectivity index (χ1v) is 5.41. The molecule has 4 unspecified atom stereocenters. The zero-order valence-corrected chi connectivity index (χ0v) is 8.71. The molecule has 0 aromatic rings. The van der Waals surface area contributed by atoms with E-state index >= 15 is 0 Å². The van der Waals surface area contributed by atoms with Crippen LogP contribution in [0.15, 0.2) is 0 Å². The van der Waals surface area contributed by atoms with E-state index in [-0.39, 0.29) is 12.1 Å². The summed E-state index contributed by atoms with van der Waals surface area (Å²) >= 11 is 3.67. The van der Waals surface area contributed by atoms with Gasteiger partial charge in [0.05, 0.1) is 0 Å². The monoisotopic (exact) mass is 232 g/mol. The fraction of sp³-hybridized carbons (Fsp3) is 0.889. The summed E-state index contributed by atoms with van der Waals surface area (Å²) < 4.78 is 5.25. The lowest BCUT2D eigenvalue weighted by Gasteiger charge is -2.20. The van der Waals surface area contributed by atoms with Crippen LogP contribution in [0, 0.1) is 11.8 Å². The number of halogens is 1. The second-order valence-corrected chi connectivity index (χ2v) is 4.89. The van der Waals surface area contributed by atoms with Gasteiger partial charge in [-0.15, -0.1) is 0 Å². The summed E-state index contributed by atoms with van der Waals surface area (Å²) in [7, 11) is 0. The smallest absolute Gasteiger partial charge is 0.302 e. The van der Waals surface area contributed by atoms with E-state index in [1.807, 2.05) is 0 Å². The van der Waals surface area contributed by atoms with Crippen LogP contribution >= 0.6 is 15.9 Å². The fourth-order valence-corrected chi connectivity index (χ4v) is 3.62. The minimum Gasteiger partial charge on any atom is -0.462 e. The van der Waals surface area contributed by atoms with E-state index in [0.717, 1.165) is 12.3 Å². The van der Waals surface area contributed by atoms with E-state index in [2.05, 4.69) is 15.9 Å². The molecule has 2 rings (SSSR count). The summed E-state index contributed by atoms with van der Waals surface area (Å²) in [6.07, 6.45) is 3.79. The zero-order chi connectivity index (χ0) is 8.72. The molecule has 0 radical (unpaired) electrons. The third-order valence-electron chi connectivity index (χ3n) is 3.06. The Bertz CT molecular complexity index is 205. The molecule has 2 bridgehead atoms. The van der Waals surface area contributed by atoms with E-state index in [4.69, 9.17) is 4.74 Å². The topological polar surface area (TPSA) is 26.3 Å². The SMILES string of the molecule is CC(=O)OC1CC2CCC1C2Br. The molecule has 2 fully saturated rings. The Balaban J connectivity index is 1.99. The maximum absolute atomic E-state index is 10.7. The van der Waals surface area contributed by atoms with Crippen LogP contribution in [-0.4, -0.2) is 16.9 Å². The summed E-state index contributed by atoms with van der Waals surface area (Å²) in [5, 5.41) is 0. The largest absolute Gasteiger partial charge is 0.462 e. The summed E-state index contributed by atoms with van der Waals surface area (Å²) in [6.45, 7) is 1.50. The van der Waals surface area contributed by atoms with Gasteiger partial charge in [0.2, 0.25) is 0 Å². The zero-order valence-electron chi connectivity index (χ0n) is 7.13. The van der Waals surface area contributed by atoms with Gasteiger partial charge in [0.1, 0.15) is 6.10 Å². The van der Waals surface area contributed by atoms with Gasteiger partial charge in [-0.3, -0.25) is 4.79 Å². The standard InChI is InChI=1S/C9H13BrO2/c1-5(11)12-8-4-6-2-3-7(8)9(6)10/h6-9H,2-4H2,1H3. The third-order valence-corrected chi connectivity index (χ3v) is 4.49. The molecule has 2 aliphatic rings. The molecule has 2 saturated carbocycles. The maximum Gasteiger partial charge on any atom is 0.302 e. The van der Waals surface area contributed by atoms with Crippen molar-refractivity contribution in [3.63, 3.8) is 0 Å². The van der Waals surface area contributed by atoms with Gasteiger partial charge >= 0.3 is 5.97 Å². The average molecular weight is 233 g/mol. The minimum atomic E-state index is -0.132. The first-order chi connectivity index (χ1) is 5.68. The third kappa shape index (κ3) is 1.28. The van der Waals surface area contributed by atoms with Crippen molar-refractivity contribution in [1.29, 1.82) is 0 Å². The fourth-order valence-electron chi connectivity index (χ4n) is 2.54. The maximum atomic E-state index is 10.7. The number of carbonyl (C=O) groups excluding carboxylic acids is 1. The van der Waals surface area contributed by atoms with Crippen LogP contribution in [0.1, 0.15) is 26.2 Å². The predicted molar refractivity (Wildman–Crippen MR) is 49.1 cm³/mol. The molecule has 0 aliphatic heterocycles. The number of hydrogen-bond donors (Lipinski definition) is 0. The molecule has 2 aliphatic carbocycles. The molecule has 0 aromatic carbocycles. The molecule has 0 N–H and O–H groups in total. The average Bonchev–Trinajstić information content (AvgIpc) is 2.44.